The summed E-state index contributed by atoms with van der Waals surface area (Å²) in [5, 5.41) is 0. The third kappa shape index (κ3) is 3.63. The van der Waals surface area contributed by atoms with Crippen LogP contribution in [0.25, 0.3) is 0 Å². The number of hydrogen-bond acceptors (Lipinski definition) is 4. The van der Waals surface area contributed by atoms with Crippen molar-refractivity contribution in [3.8, 4) is 0 Å². The molecule has 0 amide bonds. The van der Waals surface area contributed by atoms with Gasteiger partial charge in [0.2, 0.25) is 0 Å². The molecule has 3 aliphatic rings. The van der Waals surface area contributed by atoms with Gasteiger partial charge in [0.1, 0.15) is 5.69 Å². The van der Waals surface area contributed by atoms with Crippen molar-refractivity contribution < 1.29 is 17.4 Å². The van der Waals surface area contributed by atoms with Crippen LogP contribution in [0.4, 0.5) is 18.9 Å². The van der Waals surface area contributed by atoms with Gasteiger partial charge in [0, 0.05) is 41.4 Å². The van der Waals surface area contributed by atoms with E-state index < -0.39 is 22.7 Å². The average molecular weight is 387 g/mol. The summed E-state index contributed by atoms with van der Waals surface area (Å²) in [6, 6.07) is 3.04. The average Bonchev–Trinajstić information content (AvgIpc) is 2.61. The van der Waals surface area contributed by atoms with E-state index in [0.29, 0.717) is 11.5 Å². The largest absolute Gasteiger partial charge is 0.433 e. The lowest BCUT2D eigenvalue weighted by molar-refractivity contribution is -0.141. The second kappa shape index (κ2) is 6.78. The molecule has 0 N–H and O–H groups in total. The van der Waals surface area contributed by atoms with Gasteiger partial charge in [0.05, 0.1) is 11.9 Å². The summed E-state index contributed by atoms with van der Waals surface area (Å²) in [5.74, 6) is 1.74. The number of hydrogen-bond donors (Lipinski definition) is 0. The Hall–Kier alpha value is -1.15. The van der Waals surface area contributed by atoms with Crippen molar-refractivity contribution in [2.75, 3.05) is 42.6 Å². The highest BCUT2D eigenvalue weighted by Crippen LogP contribution is 2.41. The molecule has 0 radical (unpaired) electrons. The number of alkyl halides is 3. The van der Waals surface area contributed by atoms with Crippen molar-refractivity contribution in [2.24, 2.45) is 5.41 Å². The smallest absolute Gasteiger partial charge is 0.369 e. The summed E-state index contributed by atoms with van der Waals surface area (Å²) >= 11 is 0. The standard InChI is InChI=1S/C18H24F3N3OS/c19-18(20,21)16-4-3-14(10-22-16)24-7-1-2-15(11-24)23-8-5-17(6-9-23)12-26(25)13-17/h3-4,10,15H,1-2,5-9,11-13H2/t15-/m1/s1. The van der Waals surface area contributed by atoms with Gasteiger partial charge in [-0.25, -0.2) is 4.98 Å². The van der Waals surface area contributed by atoms with Gasteiger partial charge in [0.15, 0.2) is 0 Å². The second-order valence-corrected chi connectivity index (χ2v) is 9.36. The number of aromatic nitrogens is 1. The summed E-state index contributed by atoms with van der Waals surface area (Å²) in [6.45, 7) is 3.79. The highest BCUT2D eigenvalue weighted by molar-refractivity contribution is 7.86. The van der Waals surface area contributed by atoms with Crippen LogP contribution in [0, 0.1) is 5.41 Å². The van der Waals surface area contributed by atoms with Crippen LogP contribution < -0.4 is 4.90 Å². The topological polar surface area (TPSA) is 36.4 Å². The van der Waals surface area contributed by atoms with Gasteiger partial charge in [-0.1, -0.05) is 0 Å². The molecule has 3 aliphatic heterocycles. The molecule has 0 unspecified atom stereocenters. The van der Waals surface area contributed by atoms with Crippen molar-refractivity contribution >= 4 is 16.5 Å². The van der Waals surface area contributed by atoms with E-state index in [0.717, 1.165) is 75.1 Å². The number of anilines is 1. The molecule has 3 fully saturated rings. The molecular formula is C18H24F3N3OS. The highest BCUT2D eigenvalue weighted by Gasteiger charge is 2.45. The fourth-order valence-electron chi connectivity index (χ4n) is 4.52. The number of nitrogens with zero attached hydrogens (tertiary/aromatic N) is 3. The molecule has 144 valence electrons. The molecule has 0 aliphatic carbocycles. The van der Waals surface area contributed by atoms with E-state index >= 15 is 0 Å². The molecule has 4 heterocycles. The molecule has 0 aromatic carbocycles. The first-order valence-corrected chi connectivity index (χ1v) is 10.7. The van der Waals surface area contributed by atoms with Crippen molar-refractivity contribution in [1.82, 2.24) is 9.88 Å². The van der Waals surface area contributed by atoms with Crippen molar-refractivity contribution in [1.29, 1.82) is 0 Å². The molecule has 1 atom stereocenters. The fourth-order valence-corrected chi connectivity index (χ4v) is 6.38. The van der Waals surface area contributed by atoms with Crippen LogP contribution >= 0.6 is 0 Å². The van der Waals surface area contributed by atoms with E-state index in [1.165, 1.54) is 12.3 Å². The van der Waals surface area contributed by atoms with Crippen molar-refractivity contribution in [3.63, 3.8) is 0 Å². The molecule has 26 heavy (non-hydrogen) atoms. The summed E-state index contributed by atoms with van der Waals surface area (Å²) in [6.07, 6.45) is 1.37. The number of piperidine rings is 2. The molecule has 1 spiro atoms. The van der Waals surface area contributed by atoms with Crippen LogP contribution in [0.15, 0.2) is 18.3 Å². The van der Waals surface area contributed by atoms with E-state index in [4.69, 9.17) is 0 Å². The van der Waals surface area contributed by atoms with E-state index in [2.05, 4.69) is 14.8 Å². The van der Waals surface area contributed by atoms with Crippen molar-refractivity contribution in [2.45, 2.75) is 37.9 Å². The third-order valence-electron chi connectivity index (χ3n) is 6.11. The van der Waals surface area contributed by atoms with Crippen LogP contribution in [0.2, 0.25) is 0 Å². The van der Waals surface area contributed by atoms with E-state index in [1.54, 1.807) is 0 Å². The maximum atomic E-state index is 12.7. The molecule has 4 nitrogen and oxygen atoms in total. The minimum atomic E-state index is -4.39. The normalized spacial score (nSPS) is 27.5. The van der Waals surface area contributed by atoms with Crippen LogP contribution in [-0.4, -0.2) is 57.8 Å². The lowest BCUT2D eigenvalue weighted by Gasteiger charge is -2.50. The van der Waals surface area contributed by atoms with Gasteiger partial charge >= 0.3 is 6.18 Å². The van der Waals surface area contributed by atoms with E-state index in [-0.39, 0.29) is 0 Å². The minimum absolute atomic E-state index is 0.326. The molecule has 3 saturated heterocycles. The van der Waals surface area contributed by atoms with Gasteiger partial charge in [-0.15, -0.1) is 0 Å². The van der Waals surface area contributed by atoms with Gasteiger partial charge < -0.3 is 4.90 Å². The Bertz CT molecular complexity index is 661. The van der Waals surface area contributed by atoms with Gasteiger partial charge in [-0.2, -0.15) is 13.2 Å². The quantitative estimate of drug-likeness (QED) is 0.782. The van der Waals surface area contributed by atoms with Crippen LogP contribution in [-0.2, 0) is 17.0 Å². The lowest BCUT2D eigenvalue weighted by Crippen LogP contribution is -2.56. The van der Waals surface area contributed by atoms with Crippen LogP contribution in [0.5, 0.6) is 0 Å². The molecule has 8 heteroatoms. The SMILES string of the molecule is O=S1CC2(CCN([C@@H]3CCCN(c4ccc(C(F)(F)F)nc4)C3)CC2)C1. The number of rotatable bonds is 2. The predicted molar refractivity (Wildman–Crippen MR) is 95.6 cm³/mol. The Morgan fingerprint density at radius 1 is 1.15 bits per heavy atom. The summed E-state index contributed by atoms with van der Waals surface area (Å²) in [4.78, 5) is 8.28. The minimum Gasteiger partial charge on any atom is -0.369 e. The van der Waals surface area contributed by atoms with Gasteiger partial charge in [0.25, 0.3) is 0 Å². The summed E-state index contributed by atoms with van der Waals surface area (Å²) in [5.41, 5.74) is 0.257. The van der Waals surface area contributed by atoms with Crippen molar-refractivity contribution in [3.05, 3.63) is 24.0 Å². The van der Waals surface area contributed by atoms with E-state index in [1.807, 2.05) is 0 Å². The maximum Gasteiger partial charge on any atom is 0.433 e. The number of likely N-dealkylation sites (tertiary alicyclic amines) is 1. The summed E-state index contributed by atoms with van der Waals surface area (Å²) in [7, 11) is -0.598. The van der Waals surface area contributed by atoms with Crippen LogP contribution in [0.1, 0.15) is 31.4 Å². The van der Waals surface area contributed by atoms with Gasteiger partial charge in [-0.3, -0.25) is 9.11 Å². The monoisotopic (exact) mass is 387 g/mol. The molecule has 4 rings (SSSR count). The Morgan fingerprint density at radius 3 is 2.46 bits per heavy atom. The Morgan fingerprint density at radius 2 is 1.88 bits per heavy atom. The highest BCUT2D eigenvalue weighted by atomic mass is 32.2. The molecule has 1 aromatic heterocycles. The van der Waals surface area contributed by atoms with E-state index in [9.17, 15) is 17.4 Å². The Kier molecular flexibility index (Phi) is 4.75. The zero-order valence-corrected chi connectivity index (χ0v) is 15.5. The third-order valence-corrected chi connectivity index (χ3v) is 7.98. The summed E-state index contributed by atoms with van der Waals surface area (Å²) < 4.78 is 49.5. The maximum absolute atomic E-state index is 12.7. The molecule has 1 aromatic rings. The van der Waals surface area contributed by atoms with Crippen LogP contribution in [0.3, 0.4) is 0 Å². The predicted octanol–water partition coefficient (Wildman–Crippen LogP) is 2.91. The number of halogens is 3. The molecule has 0 saturated carbocycles. The lowest BCUT2D eigenvalue weighted by atomic mass is 9.80. The Balaban J connectivity index is 1.36. The second-order valence-electron chi connectivity index (χ2n) is 7.91. The zero-order valence-electron chi connectivity index (χ0n) is 14.7. The first-order chi connectivity index (χ1) is 12.3. The number of pyridine rings is 1. The first-order valence-electron chi connectivity index (χ1n) is 9.22. The fraction of sp³-hybridized carbons (Fsp3) is 0.722. The van der Waals surface area contributed by atoms with Gasteiger partial charge in [-0.05, 0) is 56.3 Å². The molecular weight excluding hydrogens is 363 g/mol. The zero-order chi connectivity index (χ0) is 18.4. The first kappa shape index (κ1) is 18.2. The Labute approximate surface area is 154 Å². The molecule has 0 bridgehead atoms.